The summed E-state index contributed by atoms with van der Waals surface area (Å²) in [5.74, 6) is 0.524. The van der Waals surface area contributed by atoms with E-state index in [9.17, 15) is 10.1 Å². The Labute approximate surface area is 127 Å². The van der Waals surface area contributed by atoms with Crippen LogP contribution in [0.5, 0.6) is 5.75 Å². The molecule has 21 heavy (non-hydrogen) atoms. The Balaban J connectivity index is 2.12. The molecule has 0 bridgehead atoms. The third kappa shape index (κ3) is 4.46. The fraction of sp³-hybridized carbons (Fsp3) is 0.333. The van der Waals surface area contributed by atoms with Crippen LogP contribution in [-0.4, -0.2) is 11.5 Å². The summed E-state index contributed by atoms with van der Waals surface area (Å²) < 4.78 is 5.50. The van der Waals surface area contributed by atoms with Crippen molar-refractivity contribution < 1.29 is 9.66 Å². The number of nitrogens with zero attached hydrogens (tertiary/aromatic N) is 1. The maximum atomic E-state index is 11.0. The van der Waals surface area contributed by atoms with Gasteiger partial charge in [-0.05, 0) is 25.5 Å². The molecule has 1 heterocycles. The third-order valence-electron chi connectivity index (χ3n) is 2.84. The van der Waals surface area contributed by atoms with Crippen LogP contribution in [0.15, 0.2) is 30.3 Å². The van der Waals surface area contributed by atoms with Crippen molar-refractivity contribution in [3.05, 3.63) is 50.2 Å². The molecule has 2 aromatic rings. The molecule has 1 aromatic heterocycles. The number of non-ortho nitro benzene ring substituents is 1. The van der Waals surface area contributed by atoms with E-state index in [4.69, 9.17) is 4.74 Å². The third-order valence-corrected chi connectivity index (χ3v) is 3.84. The Morgan fingerprint density at radius 2 is 2.14 bits per heavy atom. The van der Waals surface area contributed by atoms with Gasteiger partial charge in [0.1, 0.15) is 5.75 Å². The van der Waals surface area contributed by atoms with Crippen molar-refractivity contribution in [2.24, 2.45) is 0 Å². The fourth-order valence-corrected chi connectivity index (χ4v) is 2.69. The second-order valence-electron chi connectivity index (χ2n) is 4.69. The summed E-state index contributed by atoms with van der Waals surface area (Å²) >= 11 is 1.71. The van der Waals surface area contributed by atoms with Crippen LogP contribution in [0.25, 0.3) is 0 Å². The number of nitro benzene ring substituents is 1. The SMILES string of the molecule is CCCOc1cc(NCc2ccc(C)s2)cc([N+](=O)[O-])c1. The van der Waals surface area contributed by atoms with Gasteiger partial charge in [-0.2, -0.15) is 0 Å². The van der Waals surface area contributed by atoms with Gasteiger partial charge in [0, 0.05) is 34.1 Å². The summed E-state index contributed by atoms with van der Waals surface area (Å²) in [4.78, 5) is 13.0. The van der Waals surface area contributed by atoms with E-state index in [0.29, 0.717) is 24.6 Å². The lowest BCUT2D eigenvalue weighted by Crippen LogP contribution is -2.01. The van der Waals surface area contributed by atoms with E-state index in [1.54, 1.807) is 17.4 Å². The van der Waals surface area contributed by atoms with Crippen LogP contribution in [0.3, 0.4) is 0 Å². The molecule has 1 aromatic carbocycles. The first-order chi connectivity index (χ1) is 10.1. The summed E-state index contributed by atoms with van der Waals surface area (Å²) in [6.07, 6.45) is 0.861. The summed E-state index contributed by atoms with van der Waals surface area (Å²) in [7, 11) is 0. The zero-order valence-electron chi connectivity index (χ0n) is 12.1. The Bertz CT molecular complexity index is 625. The van der Waals surface area contributed by atoms with E-state index in [1.807, 2.05) is 6.92 Å². The Kier molecular flexibility index (Phi) is 5.16. The number of rotatable bonds is 7. The highest BCUT2D eigenvalue weighted by atomic mass is 32.1. The van der Waals surface area contributed by atoms with Crippen molar-refractivity contribution >= 4 is 22.7 Å². The van der Waals surface area contributed by atoms with Gasteiger partial charge in [-0.25, -0.2) is 0 Å². The van der Waals surface area contributed by atoms with E-state index in [-0.39, 0.29) is 5.69 Å². The van der Waals surface area contributed by atoms with Gasteiger partial charge < -0.3 is 10.1 Å². The summed E-state index contributed by atoms with van der Waals surface area (Å²) in [5.41, 5.74) is 0.731. The molecule has 6 heteroatoms. The first-order valence-electron chi connectivity index (χ1n) is 6.80. The van der Waals surface area contributed by atoms with Crippen LogP contribution in [0.2, 0.25) is 0 Å². The highest BCUT2D eigenvalue weighted by Gasteiger charge is 2.10. The molecule has 0 aliphatic heterocycles. The molecule has 0 radical (unpaired) electrons. The number of hydrogen-bond donors (Lipinski definition) is 1. The molecule has 0 fully saturated rings. The Morgan fingerprint density at radius 3 is 2.76 bits per heavy atom. The van der Waals surface area contributed by atoms with Gasteiger partial charge in [0.2, 0.25) is 0 Å². The average molecular weight is 306 g/mol. The van der Waals surface area contributed by atoms with Crippen molar-refractivity contribution in [1.82, 2.24) is 0 Å². The second kappa shape index (κ2) is 7.08. The zero-order chi connectivity index (χ0) is 15.2. The van der Waals surface area contributed by atoms with Gasteiger partial charge in [-0.1, -0.05) is 6.92 Å². The number of ether oxygens (including phenoxy) is 1. The van der Waals surface area contributed by atoms with E-state index in [2.05, 4.69) is 24.4 Å². The summed E-state index contributed by atoms with van der Waals surface area (Å²) in [5, 5.41) is 14.2. The smallest absolute Gasteiger partial charge is 0.275 e. The number of hydrogen-bond acceptors (Lipinski definition) is 5. The molecule has 1 N–H and O–H groups in total. The molecule has 0 atom stereocenters. The molecule has 0 saturated heterocycles. The molecule has 0 aliphatic rings. The Morgan fingerprint density at radius 1 is 1.33 bits per heavy atom. The molecular weight excluding hydrogens is 288 g/mol. The van der Waals surface area contributed by atoms with Crippen molar-refractivity contribution in [3.63, 3.8) is 0 Å². The summed E-state index contributed by atoms with van der Waals surface area (Å²) in [6, 6.07) is 8.89. The number of benzene rings is 1. The van der Waals surface area contributed by atoms with Crippen molar-refractivity contribution in [1.29, 1.82) is 0 Å². The van der Waals surface area contributed by atoms with E-state index in [1.165, 1.54) is 21.9 Å². The van der Waals surface area contributed by atoms with Crippen LogP contribution in [0, 0.1) is 17.0 Å². The lowest BCUT2D eigenvalue weighted by atomic mass is 10.2. The van der Waals surface area contributed by atoms with Gasteiger partial charge in [-0.3, -0.25) is 10.1 Å². The predicted molar refractivity (Wildman–Crippen MR) is 85.3 cm³/mol. The Hall–Kier alpha value is -2.08. The van der Waals surface area contributed by atoms with Gasteiger partial charge in [0.15, 0.2) is 0 Å². The largest absolute Gasteiger partial charge is 0.493 e. The number of thiophene rings is 1. The minimum Gasteiger partial charge on any atom is -0.493 e. The number of anilines is 1. The lowest BCUT2D eigenvalue weighted by Gasteiger charge is -2.09. The van der Waals surface area contributed by atoms with Crippen molar-refractivity contribution in [2.75, 3.05) is 11.9 Å². The van der Waals surface area contributed by atoms with Crippen LogP contribution in [-0.2, 0) is 6.54 Å². The van der Waals surface area contributed by atoms with Crippen molar-refractivity contribution in [3.8, 4) is 5.75 Å². The van der Waals surface area contributed by atoms with Gasteiger partial charge in [0.25, 0.3) is 5.69 Å². The van der Waals surface area contributed by atoms with Crippen LogP contribution < -0.4 is 10.1 Å². The molecule has 0 saturated carbocycles. The standard InChI is InChI=1S/C15H18N2O3S/c1-3-6-20-14-8-12(7-13(9-14)17(18)19)16-10-15-5-4-11(2)21-15/h4-5,7-9,16H,3,6,10H2,1-2H3. The van der Waals surface area contributed by atoms with E-state index >= 15 is 0 Å². The normalized spacial score (nSPS) is 10.4. The molecule has 5 nitrogen and oxygen atoms in total. The molecule has 2 rings (SSSR count). The number of nitrogens with one attached hydrogen (secondary N) is 1. The van der Waals surface area contributed by atoms with Crippen molar-refractivity contribution in [2.45, 2.75) is 26.8 Å². The molecule has 0 aliphatic carbocycles. The van der Waals surface area contributed by atoms with Gasteiger partial charge in [0.05, 0.1) is 17.6 Å². The van der Waals surface area contributed by atoms with Crippen LogP contribution in [0.4, 0.5) is 11.4 Å². The maximum absolute atomic E-state index is 11.0. The predicted octanol–water partition coefficient (Wildman–Crippen LogP) is 4.37. The summed E-state index contributed by atoms with van der Waals surface area (Å²) in [6.45, 7) is 5.24. The lowest BCUT2D eigenvalue weighted by molar-refractivity contribution is -0.384. The van der Waals surface area contributed by atoms with Crippen LogP contribution >= 0.6 is 11.3 Å². The monoisotopic (exact) mass is 306 g/mol. The average Bonchev–Trinajstić information content (AvgIpc) is 2.88. The first-order valence-corrected chi connectivity index (χ1v) is 7.61. The number of aryl methyl sites for hydroxylation is 1. The molecule has 0 unspecified atom stereocenters. The quantitative estimate of drug-likeness (QED) is 0.609. The fourth-order valence-electron chi connectivity index (χ4n) is 1.86. The highest BCUT2D eigenvalue weighted by molar-refractivity contribution is 7.11. The zero-order valence-corrected chi connectivity index (χ0v) is 12.9. The number of nitro groups is 1. The highest BCUT2D eigenvalue weighted by Crippen LogP contribution is 2.27. The molecule has 0 amide bonds. The minimum atomic E-state index is -0.403. The molecule has 112 valence electrons. The van der Waals surface area contributed by atoms with Gasteiger partial charge in [-0.15, -0.1) is 11.3 Å². The van der Waals surface area contributed by atoms with E-state index < -0.39 is 4.92 Å². The first kappa shape index (κ1) is 15.3. The maximum Gasteiger partial charge on any atom is 0.275 e. The molecule has 0 spiro atoms. The topological polar surface area (TPSA) is 64.4 Å². The van der Waals surface area contributed by atoms with Crippen LogP contribution in [0.1, 0.15) is 23.1 Å². The van der Waals surface area contributed by atoms with Gasteiger partial charge >= 0.3 is 0 Å². The second-order valence-corrected chi connectivity index (χ2v) is 6.06. The molecular formula is C15H18N2O3S. The minimum absolute atomic E-state index is 0.0356. The van der Waals surface area contributed by atoms with E-state index in [0.717, 1.165) is 6.42 Å².